The Hall–Kier alpha value is -1.79. The molecule has 1 N–H and O–H groups in total. The predicted molar refractivity (Wildman–Crippen MR) is 103 cm³/mol. The molecule has 0 aliphatic carbocycles. The largest absolute Gasteiger partial charge is 0.383 e. The second-order valence-corrected chi connectivity index (χ2v) is 6.96. The first kappa shape index (κ1) is 19.0. The van der Waals surface area contributed by atoms with E-state index in [1.807, 2.05) is 6.07 Å². The number of fused-ring (bicyclic) bond motifs is 1. The van der Waals surface area contributed by atoms with Gasteiger partial charge in [-0.2, -0.15) is 0 Å². The molecule has 0 amide bonds. The Morgan fingerprint density at radius 3 is 2.58 bits per heavy atom. The minimum absolute atomic E-state index is 0.0307. The molecule has 1 heterocycles. The summed E-state index contributed by atoms with van der Waals surface area (Å²) in [7, 11) is 1.59. The predicted octanol–water partition coefficient (Wildman–Crippen LogP) is 4.41. The quantitative estimate of drug-likeness (QED) is 0.610. The molecule has 0 radical (unpaired) electrons. The number of para-hydroxylation sites is 1. The summed E-state index contributed by atoms with van der Waals surface area (Å²) in [6.07, 6.45) is 0. The van der Waals surface area contributed by atoms with Crippen LogP contribution in [0.5, 0.6) is 0 Å². The standard InChI is InChI=1S/C18H16Cl3N3O2/c1-26-8-7-23-17-13(20)3-2-4-15(17)24(18(23)22)10-16(25)12-6-5-11(19)9-14(12)21/h2-6,9,22H,7-8,10H2,1H3. The number of hydrogen-bond donors (Lipinski definition) is 1. The number of carbonyl (C=O) groups excluding carboxylic acids is 1. The van der Waals surface area contributed by atoms with Crippen LogP contribution in [0.1, 0.15) is 10.4 Å². The lowest BCUT2D eigenvalue weighted by Crippen LogP contribution is -2.28. The number of rotatable bonds is 6. The number of halogens is 3. The molecular weight excluding hydrogens is 397 g/mol. The third kappa shape index (κ3) is 3.53. The van der Waals surface area contributed by atoms with E-state index in [1.165, 1.54) is 6.07 Å². The minimum Gasteiger partial charge on any atom is -0.383 e. The molecule has 0 unspecified atom stereocenters. The molecule has 0 spiro atoms. The number of carbonyl (C=O) groups is 1. The zero-order chi connectivity index (χ0) is 18.8. The van der Waals surface area contributed by atoms with Crippen LogP contribution >= 0.6 is 34.8 Å². The summed E-state index contributed by atoms with van der Waals surface area (Å²) in [6, 6.07) is 10.1. The zero-order valence-electron chi connectivity index (χ0n) is 13.9. The van der Waals surface area contributed by atoms with Gasteiger partial charge in [0, 0.05) is 24.2 Å². The molecule has 2 aromatic carbocycles. The summed E-state index contributed by atoms with van der Waals surface area (Å²) in [6.45, 7) is 0.854. The van der Waals surface area contributed by atoms with Crippen molar-refractivity contribution in [3.05, 3.63) is 62.6 Å². The molecule has 0 bridgehead atoms. The molecule has 0 aliphatic rings. The Morgan fingerprint density at radius 2 is 1.88 bits per heavy atom. The van der Waals surface area contributed by atoms with Crippen molar-refractivity contribution in [1.29, 1.82) is 5.41 Å². The Bertz CT molecular complexity index is 1040. The average molecular weight is 413 g/mol. The summed E-state index contributed by atoms with van der Waals surface area (Å²) in [5.74, 6) is -0.212. The molecule has 5 nitrogen and oxygen atoms in total. The van der Waals surface area contributed by atoms with Crippen molar-refractivity contribution in [3.8, 4) is 0 Å². The van der Waals surface area contributed by atoms with Crippen LogP contribution in [0.2, 0.25) is 15.1 Å². The Morgan fingerprint density at radius 1 is 1.12 bits per heavy atom. The molecule has 0 aliphatic heterocycles. The number of methoxy groups -OCH3 is 1. The van der Waals surface area contributed by atoms with Crippen molar-refractivity contribution < 1.29 is 9.53 Å². The Kier molecular flexibility index (Phi) is 5.73. The highest BCUT2D eigenvalue weighted by Gasteiger charge is 2.18. The molecule has 8 heteroatoms. The van der Waals surface area contributed by atoms with Gasteiger partial charge >= 0.3 is 0 Å². The lowest BCUT2D eigenvalue weighted by molar-refractivity contribution is 0.0971. The second kappa shape index (κ2) is 7.84. The van der Waals surface area contributed by atoms with Gasteiger partial charge in [0.05, 0.1) is 34.2 Å². The van der Waals surface area contributed by atoms with E-state index < -0.39 is 0 Å². The normalized spacial score (nSPS) is 11.2. The third-order valence-electron chi connectivity index (χ3n) is 4.09. The maximum atomic E-state index is 12.8. The van der Waals surface area contributed by atoms with Gasteiger partial charge in [0.25, 0.3) is 0 Å². The van der Waals surface area contributed by atoms with E-state index >= 15 is 0 Å². The first-order chi connectivity index (χ1) is 12.4. The van der Waals surface area contributed by atoms with Crippen molar-refractivity contribution >= 4 is 51.6 Å². The van der Waals surface area contributed by atoms with E-state index in [4.69, 9.17) is 44.9 Å². The van der Waals surface area contributed by atoms with Gasteiger partial charge in [0.1, 0.15) is 0 Å². The molecule has 3 rings (SSSR count). The maximum absolute atomic E-state index is 12.8. The highest BCUT2D eigenvalue weighted by atomic mass is 35.5. The average Bonchev–Trinajstić information content (AvgIpc) is 2.86. The van der Waals surface area contributed by atoms with Crippen molar-refractivity contribution in [2.75, 3.05) is 13.7 Å². The van der Waals surface area contributed by atoms with Crippen LogP contribution in [0.25, 0.3) is 11.0 Å². The van der Waals surface area contributed by atoms with Crippen LogP contribution in [0.3, 0.4) is 0 Å². The first-order valence-corrected chi connectivity index (χ1v) is 8.96. The summed E-state index contributed by atoms with van der Waals surface area (Å²) in [4.78, 5) is 12.8. The monoisotopic (exact) mass is 411 g/mol. The zero-order valence-corrected chi connectivity index (χ0v) is 16.2. The van der Waals surface area contributed by atoms with Crippen LogP contribution in [0.15, 0.2) is 36.4 Å². The smallest absolute Gasteiger partial charge is 0.203 e. The molecule has 1 aromatic heterocycles. The fourth-order valence-electron chi connectivity index (χ4n) is 2.86. The molecule has 3 aromatic rings. The molecule has 0 fully saturated rings. The van der Waals surface area contributed by atoms with E-state index in [-0.39, 0.29) is 23.0 Å². The Balaban J connectivity index is 2.07. The number of aromatic nitrogens is 2. The summed E-state index contributed by atoms with van der Waals surface area (Å²) in [5.41, 5.74) is 1.94. The highest BCUT2D eigenvalue weighted by molar-refractivity contribution is 6.37. The summed E-state index contributed by atoms with van der Waals surface area (Å²) in [5, 5.41) is 9.76. The fraction of sp³-hybridized carbons (Fsp3) is 0.222. The fourth-order valence-corrected chi connectivity index (χ4v) is 3.64. The van der Waals surface area contributed by atoms with Gasteiger partial charge in [-0.15, -0.1) is 0 Å². The molecule has 136 valence electrons. The minimum atomic E-state index is -0.212. The lowest BCUT2D eigenvalue weighted by atomic mass is 10.1. The van der Waals surface area contributed by atoms with Gasteiger partial charge < -0.3 is 13.9 Å². The summed E-state index contributed by atoms with van der Waals surface area (Å²) < 4.78 is 8.47. The number of hydrogen-bond acceptors (Lipinski definition) is 3. The number of nitrogens with zero attached hydrogens (tertiary/aromatic N) is 2. The number of benzene rings is 2. The summed E-state index contributed by atoms with van der Waals surface area (Å²) >= 11 is 18.4. The topological polar surface area (TPSA) is 60.0 Å². The second-order valence-electron chi connectivity index (χ2n) is 5.71. The van der Waals surface area contributed by atoms with E-state index in [0.717, 1.165) is 0 Å². The van der Waals surface area contributed by atoms with Gasteiger partial charge in [-0.1, -0.05) is 40.9 Å². The van der Waals surface area contributed by atoms with Crippen LogP contribution in [-0.2, 0) is 17.8 Å². The van der Waals surface area contributed by atoms with Crippen LogP contribution in [0, 0.1) is 5.41 Å². The van der Waals surface area contributed by atoms with E-state index in [1.54, 1.807) is 40.5 Å². The highest BCUT2D eigenvalue weighted by Crippen LogP contribution is 2.25. The maximum Gasteiger partial charge on any atom is 0.203 e. The number of nitrogens with one attached hydrogen (secondary N) is 1. The van der Waals surface area contributed by atoms with Crippen molar-refractivity contribution in [2.24, 2.45) is 0 Å². The number of ketones is 1. The van der Waals surface area contributed by atoms with Gasteiger partial charge in [0.2, 0.25) is 5.62 Å². The first-order valence-electron chi connectivity index (χ1n) is 7.83. The lowest BCUT2D eigenvalue weighted by Gasteiger charge is -2.06. The van der Waals surface area contributed by atoms with Gasteiger partial charge in [-0.05, 0) is 30.3 Å². The SMILES string of the molecule is COCCn1c(=N)n(CC(=O)c2ccc(Cl)cc2Cl)c2cccc(Cl)c21. The van der Waals surface area contributed by atoms with Crippen molar-refractivity contribution in [2.45, 2.75) is 13.1 Å². The van der Waals surface area contributed by atoms with E-state index in [9.17, 15) is 4.79 Å². The van der Waals surface area contributed by atoms with Crippen LogP contribution in [0.4, 0.5) is 0 Å². The van der Waals surface area contributed by atoms with E-state index in [0.29, 0.717) is 39.8 Å². The van der Waals surface area contributed by atoms with Crippen LogP contribution < -0.4 is 5.62 Å². The molecule has 26 heavy (non-hydrogen) atoms. The van der Waals surface area contributed by atoms with Crippen molar-refractivity contribution in [3.63, 3.8) is 0 Å². The number of Topliss-reactive ketones (excluding diaryl/α,β-unsaturated/α-hetero) is 1. The molecular formula is C18H16Cl3N3O2. The molecule has 0 saturated carbocycles. The van der Waals surface area contributed by atoms with E-state index in [2.05, 4.69) is 0 Å². The van der Waals surface area contributed by atoms with Gasteiger partial charge in [0.15, 0.2) is 5.78 Å². The van der Waals surface area contributed by atoms with Crippen LogP contribution in [-0.4, -0.2) is 28.6 Å². The number of imidazole rings is 1. The van der Waals surface area contributed by atoms with Gasteiger partial charge in [-0.25, -0.2) is 0 Å². The third-order valence-corrected chi connectivity index (χ3v) is 4.94. The Labute approximate surface area is 165 Å². The number of ether oxygens (including phenoxy) is 1. The molecule has 0 saturated heterocycles. The van der Waals surface area contributed by atoms with Gasteiger partial charge in [-0.3, -0.25) is 10.2 Å². The molecule has 0 atom stereocenters. The van der Waals surface area contributed by atoms with Crippen molar-refractivity contribution in [1.82, 2.24) is 9.13 Å².